The number of nitro groups is 1. The van der Waals surface area contributed by atoms with Crippen LogP contribution in [0.4, 0.5) is 11.4 Å². The van der Waals surface area contributed by atoms with Crippen molar-refractivity contribution in [3.05, 3.63) is 63.2 Å². The number of nitrogens with one attached hydrogen (secondary N) is 1. The van der Waals surface area contributed by atoms with E-state index in [9.17, 15) is 10.1 Å². The van der Waals surface area contributed by atoms with Gasteiger partial charge in [-0.3, -0.25) is 10.1 Å². The Hall–Kier alpha value is -2.60. The monoisotopic (exact) mass is 356 g/mol. The van der Waals surface area contributed by atoms with Crippen LogP contribution in [0.25, 0.3) is 0 Å². The lowest BCUT2D eigenvalue weighted by Crippen LogP contribution is -3.13. The molecule has 1 fully saturated rings. The van der Waals surface area contributed by atoms with Gasteiger partial charge in [0, 0.05) is 23.4 Å². The summed E-state index contributed by atoms with van der Waals surface area (Å²) in [5, 5.41) is 10.8. The highest BCUT2D eigenvalue weighted by Crippen LogP contribution is 2.23. The first-order chi connectivity index (χ1) is 12.5. The number of hydrogen-bond donors (Lipinski definition) is 1. The van der Waals surface area contributed by atoms with Gasteiger partial charge in [-0.15, -0.1) is 0 Å². The van der Waals surface area contributed by atoms with Gasteiger partial charge in [0.25, 0.3) is 5.69 Å². The van der Waals surface area contributed by atoms with Crippen molar-refractivity contribution in [1.82, 2.24) is 0 Å². The van der Waals surface area contributed by atoms with E-state index < -0.39 is 0 Å². The minimum absolute atomic E-state index is 0.142. The van der Waals surface area contributed by atoms with Crippen LogP contribution < -0.4 is 14.5 Å². The Kier molecular flexibility index (Phi) is 5.42. The molecule has 0 aromatic heterocycles. The third-order valence-corrected chi connectivity index (χ3v) is 5.41. The summed E-state index contributed by atoms with van der Waals surface area (Å²) in [7, 11) is 1.71. The minimum Gasteiger partial charge on any atom is -0.496 e. The third kappa shape index (κ3) is 3.80. The molecule has 0 atom stereocenters. The van der Waals surface area contributed by atoms with Gasteiger partial charge in [0.2, 0.25) is 0 Å². The predicted octanol–water partition coefficient (Wildman–Crippen LogP) is 2.13. The highest BCUT2D eigenvalue weighted by Gasteiger charge is 2.22. The summed E-state index contributed by atoms with van der Waals surface area (Å²) in [6, 6.07) is 11.1. The first-order valence-electron chi connectivity index (χ1n) is 8.95. The van der Waals surface area contributed by atoms with Crippen molar-refractivity contribution in [3.63, 3.8) is 0 Å². The van der Waals surface area contributed by atoms with Crippen molar-refractivity contribution >= 4 is 11.4 Å². The summed E-state index contributed by atoms with van der Waals surface area (Å²) in [4.78, 5) is 14.3. The molecule has 0 amide bonds. The molecule has 138 valence electrons. The maximum atomic E-state index is 10.8. The first kappa shape index (κ1) is 18.2. The highest BCUT2D eigenvalue weighted by atomic mass is 16.6. The topological polar surface area (TPSA) is 60.0 Å². The van der Waals surface area contributed by atoms with Gasteiger partial charge in [-0.1, -0.05) is 0 Å². The molecule has 1 saturated heterocycles. The Bertz CT molecular complexity index is 782. The lowest BCUT2D eigenvalue weighted by Gasteiger charge is -2.34. The molecule has 0 unspecified atom stereocenters. The number of benzene rings is 2. The maximum absolute atomic E-state index is 10.8. The van der Waals surface area contributed by atoms with Crippen molar-refractivity contribution < 1.29 is 14.6 Å². The van der Waals surface area contributed by atoms with Crippen molar-refractivity contribution in [3.8, 4) is 5.75 Å². The first-order valence-corrected chi connectivity index (χ1v) is 8.95. The van der Waals surface area contributed by atoms with E-state index in [-0.39, 0.29) is 10.6 Å². The fraction of sp³-hybridized carbons (Fsp3) is 0.400. The van der Waals surface area contributed by atoms with Gasteiger partial charge in [-0.25, -0.2) is 0 Å². The Labute approximate surface area is 154 Å². The second kappa shape index (κ2) is 7.74. The zero-order valence-electron chi connectivity index (χ0n) is 15.6. The maximum Gasteiger partial charge on any atom is 0.269 e. The molecule has 2 aromatic rings. The second-order valence-corrected chi connectivity index (χ2v) is 6.86. The van der Waals surface area contributed by atoms with E-state index in [1.54, 1.807) is 24.1 Å². The molecule has 0 saturated carbocycles. The number of hydrogen-bond acceptors (Lipinski definition) is 4. The smallest absolute Gasteiger partial charge is 0.269 e. The summed E-state index contributed by atoms with van der Waals surface area (Å²) in [5.41, 5.74) is 5.11. The largest absolute Gasteiger partial charge is 0.496 e. The molecule has 1 aliphatic heterocycles. The van der Waals surface area contributed by atoms with E-state index in [1.807, 2.05) is 12.1 Å². The van der Waals surface area contributed by atoms with Crippen LogP contribution in [0.5, 0.6) is 5.75 Å². The predicted molar refractivity (Wildman–Crippen MR) is 102 cm³/mol. The standard InChI is InChI=1S/C20H25N3O3/c1-15-16(2)20(26-3)9-4-17(15)14-21-10-12-22(13-11-21)18-5-7-19(8-6-18)23(24)25/h4-9H,10-14H2,1-3H3/p+1. The van der Waals surface area contributed by atoms with Gasteiger partial charge in [0.05, 0.1) is 38.2 Å². The quantitative estimate of drug-likeness (QED) is 0.659. The molecule has 0 bridgehead atoms. The molecule has 0 spiro atoms. The summed E-state index contributed by atoms with van der Waals surface area (Å²) in [6.07, 6.45) is 0. The van der Waals surface area contributed by atoms with Crippen LogP contribution >= 0.6 is 0 Å². The number of rotatable bonds is 5. The van der Waals surface area contributed by atoms with Gasteiger partial charge in [-0.05, 0) is 49.2 Å². The molecule has 6 nitrogen and oxygen atoms in total. The summed E-state index contributed by atoms with van der Waals surface area (Å²) in [6.45, 7) is 9.33. The van der Waals surface area contributed by atoms with E-state index in [1.165, 1.54) is 16.7 Å². The van der Waals surface area contributed by atoms with E-state index in [4.69, 9.17) is 4.74 Å². The molecule has 0 aliphatic carbocycles. The molecule has 26 heavy (non-hydrogen) atoms. The van der Waals surface area contributed by atoms with E-state index >= 15 is 0 Å². The van der Waals surface area contributed by atoms with Crippen LogP contribution in [0.3, 0.4) is 0 Å². The summed E-state index contributed by atoms with van der Waals surface area (Å²) in [5.74, 6) is 0.948. The van der Waals surface area contributed by atoms with Gasteiger partial charge in [0.1, 0.15) is 12.3 Å². The van der Waals surface area contributed by atoms with Crippen LogP contribution in [0.1, 0.15) is 16.7 Å². The molecule has 1 N–H and O–H groups in total. The van der Waals surface area contributed by atoms with Crippen molar-refractivity contribution in [2.24, 2.45) is 0 Å². The van der Waals surface area contributed by atoms with Crippen molar-refractivity contribution in [2.75, 3.05) is 38.2 Å². The van der Waals surface area contributed by atoms with E-state index in [0.29, 0.717) is 0 Å². The SMILES string of the molecule is COc1ccc(C[NH+]2CCN(c3ccc([N+](=O)[O-])cc3)CC2)c(C)c1C. The van der Waals surface area contributed by atoms with Crippen LogP contribution in [-0.4, -0.2) is 38.2 Å². The van der Waals surface area contributed by atoms with Gasteiger partial charge in [0.15, 0.2) is 0 Å². The number of non-ortho nitro benzene ring substituents is 1. The van der Waals surface area contributed by atoms with E-state index in [0.717, 1.165) is 44.2 Å². The summed E-state index contributed by atoms with van der Waals surface area (Å²) < 4.78 is 5.40. The number of nitro benzene ring substituents is 1. The molecule has 0 radical (unpaired) electrons. The number of ether oxygens (including phenoxy) is 1. The Morgan fingerprint density at radius 1 is 1.08 bits per heavy atom. The molecular weight excluding hydrogens is 330 g/mol. The molecule has 2 aromatic carbocycles. The summed E-state index contributed by atoms with van der Waals surface area (Å²) >= 11 is 0. The van der Waals surface area contributed by atoms with Crippen LogP contribution in [-0.2, 0) is 6.54 Å². The minimum atomic E-state index is -0.356. The second-order valence-electron chi connectivity index (χ2n) is 6.86. The molecule has 6 heteroatoms. The highest BCUT2D eigenvalue weighted by molar-refractivity contribution is 5.51. The number of piperazine rings is 1. The average molecular weight is 356 g/mol. The fourth-order valence-electron chi connectivity index (χ4n) is 3.58. The lowest BCUT2D eigenvalue weighted by molar-refractivity contribution is -0.914. The van der Waals surface area contributed by atoms with Crippen molar-refractivity contribution in [2.45, 2.75) is 20.4 Å². The Morgan fingerprint density at radius 3 is 2.31 bits per heavy atom. The third-order valence-electron chi connectivity index (χ3n) is 5.41. The average Bonchev–Trinajstić information content (AvgIpc) is 2.66. The Balaban J connectivity index is 1.60. The van der Waals surface area contributed by atoms with Gasteiger partial charge < -0.3 is 14.5 Å². The molecule has 3 rings (SSSR count). The van der Waals surface area contributed by atoms with E-state index in [2.05, 4.69) is 30.9 Å². The number of quaternary nitrogens is 1. The van der Waals surface area contributed by atoms with Gasteiger partial charge in [-0.2, -0.15) is 0 Å². The number of methoxy groups -OCH3 is 1. The normalized spacial score (nSPS) is 15.1. The number of anilines is 1. The fourth-order valence-corrected chi connectivity index (χ4v) is 3.58. The lowest BCUT2D eigenvalue weighted by atomic mass is 10.0. The van der Waals surface area contributed by atoms with Gasteiger partial charge >= 0.3 is 0 Å². The molecule has 1 aliphatic rings. The zero-order chi connectivity index (χ0) is 18.7. The molecule has 1 heterocycles. The number of nitrogens with zero attached hydrogens (tertiary/aromatic N) is 2. The van der Waals surface area contributed by atoms with Crippen LogP contribution in [0, 0.1) is 24.0 Å². The Morgan fingerprint density at radius 2 is 1.73 bits per heavy atom. The van der Waals surface area contributed by atoms with Crippen LogP contribution in [0.2, 0.25) is 0 Å². The molecular formula is C20H26N3O3+. The van der Waals surface area contributed by atoms with Crippen molar-refractivity contribution in [1.29, 1.82) is 0 Å². The van der Waals surface area contributed by atoms with Crippen LogP contribution in [0.15, 0.2) is 36.4 Å². The zero-order valence-corrected chi connectivity index (χ0v) is 15.6.